The number of nitrogens with zero attached hydrogens (tertiary/aromatic N) is 3. The van der Waals surface area contributed by atoms with Crippen molar-refractivity contribution in [1.82, 2.24) is 14.7 Å². The fourth-order valence-corrected chi connectivity index (χ4v) is 3.38. The third-order valence-corrected chi connectivity index (χ3v) is 4.88. The lowest BCUT2D eigenvalue weighted by atomic mass is 10.1. The van der Waals surface area contributed by atoms with Crippen molar-refractivity contribution in [3.05, 3.63) is 35.4 Å². The number of hydrogen-bond acceptors (Lipinski definition) is 4. The van der Waals surface area contributed by atoms with Gasteiger partial charge >= 0.3 is 6.09 Å². The van der Waals surface area contributed by atoms with Crippen LogP contribution in [0.1, 0.15) is 39.7 Å². The van der Waals surface area contributed by atoms with Crippen molar-refractivity contribution < 1.29 is 13.9 Å². The maximum absolute atomic E-state index is 13.9. The zero-order chi connectivity index (χ0) is 19.8. The summed E-state index contributed by atoms with van der Waals surface area (Å²) >= 11 is 6.08. The summed E-state index contributed by atoms with van der Waals surface area (Å²) in [5.74, 6) is -0.618. The Labute approximate surface area is 163 Å². The molecular formula is C19H24ClFN4O2. The Morgan fingerprint density at radius 2 is 2.00 bits per heavy atom. The Kier molecular flexibility index (Phi) is 5.33. The molecule has 0 spiro atoms. The van der Waals surface area contributed by atoms with Crippen LogP contribution in [-0.4, -0.2) is 39.5 Å². The number of likely N-dealkylation sites (tertiary alicyclic amines) is 1. The fraction of sp³-hybridized carbons (Fsp3) is 0.474. The van der Waals surface area contributed by atoms with Crippen LogP contribution in [-0.2, 0) is 4.74 Å². The van der Waals surface area contributed by atoms with E-state index in [-0.39, 0.29) is 22.8 Å². The third-order valence-electron chi connectivity index (χ3n) is 4.51. The van der Waals surface area contributed by atoms with E-state index >= 15 is 0 Å². The van der Waals surface area contributed by atoms with Gasteiger partial charge in [0.05, 0.1) is 22.9 Å². The van der Waals surface area contributed by atoms with Gasteiger partial charge in [-0.05, 0) is 39.7 Å². The zero-order valence-corrected chi connectivity index (χ0v) is 16.5. The van der Waals surface area contributed by atoms with Crippen LogP contribution in [0, 0.1) is 5.82 Å². The smallest absolute Gasteiger partial charge is 0.410 e. The SMILES string of the molecule is CC(C)(C)OC(=O)N1CCC(n2cc(-c3ccc(N)c(F)c3Cl)cn2)CC1. The number of rotatable bonds is 2. The molecule has 3 rings (SSSR count). The molecule has 0 aliphatic carbocycles. The second-order valence-electron chi connectivity index (χ2n) is 7.74. The summed E-state index contributed by atoms with van der Waals surface area (Å²) in [5.41, 5.74) is 6.35. The molecule has 0 saturated carbocycles. The van der Waals surface area contributed by atoms with Crippen molar-refractivity contribution >= 4 is 23.4 Å². The quantitative estimate of drug-likeness (QED) is 0.761. The molecule has 1 aromatic carbocycles. The number of hydrogen-bond donors (Lipinski definition) is 1. The molecule has 0 radical (unpaired) electrons. The number of benzene rings is 1. The number of aromatic nitrogens is 2. The summed E-state index contributed by atoms with van der Waals surface area (Å²) < 4.78 is 21.2. The molecule has 8 heteroatoms. The number of anilines is 1. The first kappa shape index (κ1) is 19.5. The highest BCUT2D eigenvalue weighted by molar-refractivity contribution is 6.33. The van der Waals surface area contributed by atoms with Gasteiger partial charge in [0.1, 0.15) is 5.60 Å². The topological polar surface area (TPSA) is 73.4 Å². The average molecular weight is 395 g/mol. The Balaban J connectivity index is 1.67. The van der Waals surface area contributed by atoms with E-state index in [1.807, 2.05) is 31.6 Å². The molecule has 6 nitrogen and oxygen atoms in total. The van der Waals surface area contributed by atoms with Crippen LogP contribution in [0.2, 0.25) is 5.02 Å². The number of nitrogens with two attached hydrogens (primary N) is 1. The second kappa shape index (κ2) is 7.38. The molecule has 2 heterocycles. The number of halogens is 2. The van der Waals surface area contributed by atoms with Crippen molar-refractivity contribution in [3.8, 4) is 11.1 Å². The van der Waals surface area contributed by atoms with Crippen LogP contribution >= 0.6 is 11.6 Å². The monoisotopic (exact) mass is 394 g/mol. The highest BCUT2D eigenvalue weighted by Crippen LogP contribution is 2.33. The average Bonchev–Trinajstić information content (AvgIpc) is 3.08. The van der Waals surface area contributed by atoms with Crippen molar-refractivity contribution in [2.24, 2.45) is 0 Å². The largest absolute Gasteiger partial charge is 0.444 e. The summed E-state index contributed by atoms with van der Waals surface area (Å²) in [6.45, 7) is 6.77. The van der Waals surface area contributed by atoms with Crippen LogP contribution in [0.5, 0.6) is 0 Å². The maximum Gasteiger partial charge on any atom is 0.410 e. The van der Waals surface area contributed by atoms with Gasteiger partial charge in [-0.15, -0.1) is 0 Å². The van der Waals surface area contributed by atoms with Gasteiger partial charge in [-0.25, -0.2) is 9.18 Å². The Hall–Kier alpha value is -2.28. The number of nitrogen functional groups attached to an aromatic ring is 1. The molecule has 0 unspecified atom stereocenters. The molecule has 1 fully saturated rings. The number of piperidine rings is 1. The van der Waals surface area contributed by atoms with E-state index in [1.165, 1.54) is 6.07 Å². The molecular weight excluding hydrogens is 371 g/mol. The number of ether oxygens (including phenoxy) is 1. The van der Waals surface area contributed by atoms with Crippen molar-refractivity contribution in [2.75, 3.05) is 18.8 Å². The summed E-state index contributed by atoms with van der Waals surface area (Å²) in [6.07, 6.45) is 4.77. The summed E-state index contributed by atoms with van der Waals surface area (Å²) in [4.78, 5) is 13.9. The first-order valence-corrected chi connectivity index (χ1v) is 9.29. The van der Waals surface area contributed by atoms with Crippen molar-refractivity contribution in [3.63, 3.8) is 0 Å². The molecule has 2 N–H and O–H groups in total. The van der Waals surface area contributed by atoms with E-state index in [2.05, 4.69) is 5.10 Å². The minimum absolute atomic E-state index is 0.00528. The van der Waals surface area contributed by atoms with Crippen molar-refractivity contribution in [1.29, 1.82) is 0 Å². The normalized spacial score (nSPS) is 15.8. The van der Waals surface area contributed by atoms with Gasteiger partial charge in [0.2, 0.25) is 0 Å². The van der Waals surface area contributed by atoms with Gasteiger partial charge in [0.15, 0.2) is 5.82 Å². The second-order valence-corrected chi connectivity index (χ2v) is 8.12. The van der Waals surface area contributed by atoms with Crippen molar-refractivity contribution in [2.45, 2.75) is 45.3 Å². The van der Waals surface area contributed by atoms with Crippen LogP contribution in [0.3, 0.4) is 0 Å². The molecule has 146 valence electrons. The fourth-order valence-electron chi connectivity index (χ4n) is 3.10. The summed E-state index contributed by atoms with van der Waals surface area (Å²) in [6, 6.07) is 3.34. The number of amides is 1. The third kappa shape index (κ3) is 4.35. The Morgan fingerprint density at radius 1 is 1.33 bits per heavy atom. The van der Waals surface area contributed by atoms with Gasteiger partial charge in [0.25, 0.3) is 0 Å². The van der Waals surface area contributed by atoms with Gasteiger partial charge in [-0.3, -0.25) is 4.68 Å². The lowest BCUT2D eigenvalue weighted by Gasteiger charge is -2.33. The lowest BCUT2D eigenvalue weighted by Crippen LogP contribution is -2.42. The van der Waals surface area contributed by atoms with Crippen LogP contribution < -0.4 is 5.73 Å². The maximum atomic E-state index is 13.9. The first-order chi connectivity index (χ1) is 12.7. The Morgan fingerprint density at radius 3 is 2.63 bits per heavy atom. The van der Waals surface area contributed by atoms with E-state index < -0.39 is 11.4 Å². The van der Waals surface area contributed by atoms with E-state index in [0.29, 0.717) is 18.7 Å². The van der Waals surface area contributed by atoms with E-state index in [4.69, 9.17) is 22.1 Å². The predicted molar refractivity (Wildman–Crippen MR) is 103 cm³/mol. The van der Waals surface area contributed by atoms with Gasteiger partial charge in [0, 0.05) is 30.4 Å². The predicted octanol–water partition coefficient (Wildman–Crippen LogP) is 4.50. The Bertz CT molecular complexity index is 839. The first-order valence-electron chi connectivity index (χ1n) is 8.91. The standard InChI is InChI=1S/C19H24ClFN4O2/c1-19(2,3)27-18(26)24-8-6-13(7-9-24)25-11-12(10-23-25)14-4-5-15(22)17(21)16(14)20/h4-5,10-11,13H,6-9,22H2,1-3H3. The summed E-state index contributed by atoms with van der Waals surface area (Å²) in [5, 5.41) is 4.40. The van der Waals surface area contributed by atoms with E-state index in [9.17, 15) is 9.18 Å². The van der Waals surface area contributed by atoms with E-state index in [0.717, 1.165) is 18.4 Å². The van der Waals surface area contributed by atoms with Gasteiger partial charge in [-0.1, -0.05) is 17.7 Å². The number of carbonyl (C=O) groups is 1. The highest BCUT2D eigenvalue weighted by atomic mass is 35.5. The summed E-state index contributed by atoms with van der Waals surface area (Å²) in [7, 11) is 0. The zero-order valence-electron chi connectivity index (χ0n) is 15.7. The highest BCUT2D eigenvalue weighted by Gasteiger charge is 2.28. The van der Waals surface area contributed by atoms with E-state index in [1.54, 1.807) is 17.2 Å². The molecule has 1 aromatic heterocycles. The molecule has 2 aromatic rings. The minimum Gasteiger partial charge on any atom is -0.444 e. The minimum atomic E-state index is -0.618. The van der Waals surface area contributed by atoms with Gasteiger partial charge < -0.3 is 15.4 Å². The lowest BCUT2D eigenvalue weighted by molar-refractivity contribution is 0.0185. The molecule has 1 amide bonds. The molecule has 0 bridgehead atoms. The molecule has 27 heavy (non-hydrogen) atoms. The molecule has 0 atom stereocenters. The van der Waals surface area contributed by atoms with Gasteiger partial charge in [-0.2, -0.15) is 5.10 Å². The molecule has 1 aliphatic rings. The van der Waals surface area contributed by atoms with Crippen LogP contribution in [0.4, 0.5) is 14.9 Å². The van der Waals surface area contributed by atoms with Crippen LogP contribution in [0.25, 0.3) is 11.1 Å². The molecule has 1 aliphatic heterocycles. The molecule has 1 saturated heterocycles. The van der Waals surface area contributed by atoms with Crippen LogP contribution in [0.15, 0.2) is 24.5 Å². The number of carbonyl (C=O) groups excluding carboxylic acids is 1.